The van der Waals surface area contributed by atoms with Crippen LogP contribution in [0.5, 0.6) is 0 Å². The first-order valence-electron chi connectivity index (χ1n) is 5.81. The molecule has 0 unspecified atom stereocenters. The molecule has 1 aliphatic rings. The van der Waals surface area contributed by atoms with Gasteiger partial charge in [-0.05, 0) is 37.5 Å². The third-order valence-corrected chi connectivity index (χ3v) is 3.44. The molecule has 0 radical (unpaired) electrons. The fourth-order valence-corrected chi connectivity index (χ4v) is 2.17. The predicted octanol–water partition coefficient (Wildman–Crippen LogP) is 2.92. The van der Waals surface area contributed by atoms with Gasteiger partial charge in [0.15, 0.2) is 0 Å². The van der Waals surface area contributed by atoms with E-state index in [9.17, 15) is 4.79 Å². The topological polar surface area (TPSA) is 41.1 Å². The molecule has 0 aliphatic carbocycles. The Bertz CT molecular complexity index is 422. The van der Waals surface area contributed by atoms with Crippen LogP contribution in [0.1, 0.15) is 32.3 Å². The summed E-state index contributed by atoms with van der Waals surface area (Å²) >= 11 is 0. The Kier molecular flexibility index (Phi) is 2.62. The van der Waals surface area contributed by atoms with Crippen LogP contribution in [0.15, 0.2) is 18.2 Å². The lowest BCUT2D eigenvalue weighted by Crippen LogP contribution is -2.51. The number of aryl methyl sites for hydroxylation is 1. The van der Waals surface area contributed by atoms with Crippen LogP contribution in [-0.2, 0) is 4.79 Å². The third kappa shape index (κ3) is 1.56. The van der Waals surface area contributed by atoms with E-state index in [2.05, 4.69) is 16.7 Å². The standard InChI is InChI=1S/C13H18N2O/c1-4-13(5-2)12(16)14-11-8-9(3)6-7-10(11)15-13/h6-8,15H,4-5H2,1-3H3,(H,14,16). The molecular formula is C13H18N2O. The molecule has 1 heterocycles. The second kappa shape index (κ2) is 3.81. The number of benzene rings is 1. The number of fused-ring (bicyclic) bond motifs is 1. The van der Waals surface area contributed by atoms with Gasteiger partial charge in [0, 0.05) is 0 Å². The van der Waals surface area contributed by atoms with Crippen molar-refractivity contribution in [2.24, 2.45) is 0 Å². The number of hydrogen-bond acceptors (Lipinski definition) is 2. The van der Waals surface area contributed by atoms with Crippen molar-refractivity contribution in [3.05, 3.63) is 23.8 Å². The first kappa shape index (κ1) is 11.0. The van der Waals surface area contributed by atoms with Gasteiger partial charge >= 0.3 is 0 Å². The predicted molar refractivity (Wildman–Crippen MR) is 66.7 cm³/mol. The van der Waals surface area contributed by atoms with Crippen LogP contribution in [0.2, 0.25) is 0 Å². The van der Waals surface area contributed by atoms with Gasteiger partial charge in [-0.15, -0.1) is 0 Å². The minimum atomic E-state index is -0.442. The highest BCUT2D eigenvalue weighted by Crippen LogP contribution is 2.34. The molecule has 3 heteroatoms. The number of hydrogen-bond donors (Lipinski definition) is 2. The number of carbonyl (C=O) groups is 1. The van der Waals surface area contributed by atoms with Crippen LogP contribution < -0.4 is 10.6 Å². The van der Waals surface area contributed by atoms with Crippen molar-refractivity contribution in [1.82, 2.24) is 0 Å². The lowest BCUT2D eigenvalue weighted by atomic mass is 9.89. The van der Waals surface area contributed by atoms with Gasteiger partial charge in [0.1, 0.15) is 5.54 Å². The molecular weight excluding hydrogens is 200 g/mol. The van der Waals surface area contributed by atoms with Gasteiger partial charge in [0.25, 0.3) is 0 Å². The number of nitrogens with one attached hydrogen (secondary N) is 2. The van der Waals surface area contributed by atoms with Gasteiger partial charge in [0.05, 0.1) is 11.4 Å². The van der Waals surface area contributed by atoms with Crippen molar-refractivity contribution in [2.75, 3.05) is 10.6 Å². The van der Waals surface area contributed by atoms with Crippen LogP contribution in [-0.4, -0.2) is 11.4 Å². The highest BCUT2D eigenvalue weighted by atomic mass is 16.2. The lowest BCUT2D eigenvalue weighted by molar-refractivity contribution is -0.120. The van der Waals surface area contributed by atoms with Gasteiger partial charge in [-0.1, -0.05) is 19.9 Å². The Labute approximate surface area is 96.2 Å². The van der Waals surface area contributed by atoms with Crippen LogP contribution in [0.4, 0.5) is 11.4 Å². The molecule has 16 heavy (non-hydrogen) atoms. The Morgan fingerprint density at radius 2 is 1.88 bits per heavy atom. The van der Waals surface area contributed by atoms with Crippen molar-refractivity contribution >= 4 is 17.3 Å². The highest BCUT2D eigenvalue weighted by molar-refractivity contribution is 6.06. The SMILES string of the molecule is CCC1(CC)Nc2ccc(C)cc2NC1=O. The van der Waals surface area contributed by atoms with Crippen molar-refractivity contribution in [3.63, 3.8) is 0 Å². The number of rotatable bonds is 2. The molecule has 0 atom stereocenters. The zero-order valence-corrected chi connectivity index (χ0v) is 10.1. The quantitative estimate of drug-likeness (QED) is 0.801. The van der Waals surface area contributed by atoms with Gasteiger partial charge < -0.3 is 10.6 Å². The molecule has 0 bridgehead atoms. The minimum absolute atomic E-state index is 0.0793. The maximum atomic E-state index is 12.1. The number of anilines is 2. The maximum absolute atomic E-state index is 12.1. The summed E-state index contributed by atoms with van der Waals surface area (Å²) in [5.41, 5.74) is 2.63. The molecule has 1 amide bonds. The van der Waals surface area contributed by atoms with Crippen molar-refractivity contribution in [3.8, 4) is 0 Å². The second-order valence-corrected chi connectivity index (χ2v) is 4.42. The Morgan fingerprint density at radius 1 is 1.19 bits per heavy atom. The molecule has 0 saturated heterocycles. The van der Waals surface area contributed by atoms with Crippen LogP contribution >= 0.6 is 0 Å². The van der Waals surface area contributed by atoms with E-state index in [0.717, 1.165) is 29.8 Å². The molecule has 1 aromatic rings. The van der Waals surface area contributed by atoms with E-state index < -0.39 is 5.54 Å². The normalized spacial score (nSPS) is 17.3. The minimum Gasteiger partial charge on any atom is -0.370 e. The zero-order valence-electron chi connectivity index (χ0n) is 10.1. The Balaban J connectivity index is 2.42. The summed E-state index contributed by atoms with van der Waals surface area (Å²) in [5, 5.41) is 6.37. The van der Waals surface area contributed by atoms with Crippen molar-refractivity contribution in [1.29, 1.82) is 0 Å². The first-order chi connectivity index (χ1) is 7.61. The summed E-state index contributed by atoms with van der Waals surface area (Å²) in [6, 6.07) is 6.08. The Hall–Kier alpha value is -1.51. The van der Waals surface area contributed by atoms with Gasteiger partial charge in [0.2, 0.25) is 5.91 Å². The molecule has 0 spiro atoms. The molecule has 0 fully saturated rings. The maximum Gasteiger partial charge on any atom is 0.250 e. The molecule has 0 aromatic heterocycles. The van der Waals surface area contributed by atoms with E-state index in [0.29, 0.717) is 0 Å². The van der Waals surface area contributed by atoms with Crippen LogP contribution in [0.25, 0.3) is 0 Å². The summed E-state index contributed by atoms with van der Waals surface area (Å²) in [6.07, 6.45) is 1.59. The lowest BCUT2D eigenvalue weighted by Gasteiger charge is -2.37. The van der Waals surface area contributed by atoms with Crippen LogP contribution in [0, 0.1) is 6.92 Å². The third-order valence-electron chi connectivity index (χ3n) is 3.44. The number of carbonyl (C=O) groups excluding carboxylic acids is 1. The van der Waals surface area contributed by atoms with Crippen LogP contribution in [0.3, 0.4) is 0 Å². The number of amides is 1. The Morgan fingerprint density at radius 3 is 2.50 bits per heavy atom. The molecule has 2 N–H and O–H groups in total. The van der Waals surface area contributed by atoms with Gasteiger partial charge in [-0.25, -0.2) is 0 Å². The molecule has 86 valence electrons. The summed E-state index contributed by atoms with van der Waals surface area (Å²) < 4.78 is 0. The highest BCUT2D eigenvalue weighted by Gasteiger charge is 2.38. The average molecular weight is 218 g/mol. The van der Waals surface area contributed by atoms with E-state index in [1.807, 2.05) is 32.9 Å². The van der Waals surface area contributed by atoms with E-state index in [1.54, 1.807) is 0 Å². The smallest absolute Gasteiger partial charge is 0.250 e. The van der Waals surface area contributed by atoms with Crippen molar-refractivity contribution in [2.45, 2.75) is 39.2 Å². The zero-order chi connectivity index (χ0) is 11.8. The average Bonchev–Trinajstić information content (AvgIpc) is 2.28. The summed E-state index contributed by atoms with van der Waals surface area (Å²) in [5.74, 6) is 0.0793. The first-order valence-corrected chi connectivity index (χ1v) is 5.81. The molecule has 1 aliphatic heterocycles. The summed E-state index contributed by atoms with van der Waals surface area (Å²) in [6.45, 7) is 6.10. The monoisotopic (exact) mass is 218 g/mol. The van der Waals surface area contributed by atoms with E-state index >= 15 is 0 Å². The second-order valence-electron chi connectivity index (χ2n) is 4.42. The van der Waals surface area contributed by atoms with E-state index in [-0.39, 0.29) is 5.91 Å². The fraction of sp³-hybridized carbons (Fsp3) is 0.462. The largest absolute Gasteiger partial charge is 0.370 e. The fourth-order valence-electron chi connectivity index (χ4n) is 2.17. The van der Waals surface area contributed by atoms with Crippen molar-refractivity contribution < 1.29 is 4.79 Å². The molecule has 0 saturated carbocycles. The summed E-state index contributed by atoms with van der Waals surface area (Å²) in [4.78, 5) is 12.1. The van der Waals surface area contributed by atoms with Gasteiger partial charge in [-0.3, -0.25) is 4.79 Å². The van der Waals surface area contributed by atoms with Gasteiger partial charge in [-0.2, -0.15) is 0 Å². The molecule has 3 nitrogen and oxygen atoms in total. The summed E-state index contributed by atoms with van der Waals surface area (Å²) in [7, 11) is 0. The molecule has 1 aromatic carbocycles. The van der Waals surface area contributed by atoms with E-state index in [4.69, 9.17) is 0 Å². The molecule has 2 rings (SSSR count). The van der Waals surface area contributed by atoms with E-state index in [1.165, 1.54) is 0 Å².